The third-order valence-corrected chi connectivity index (χ3v) is 3.28. The lowest BCUT2D eigenvalue weighted by Crippen LogP contribution is -2.33. The lowest BCUT2D eigenvalue weighted by molar-refractivity contribution is -0.140. The quantitative estimate of drug-likeness (QED) is 0.749. The van der Waals surface area contributed by atoms with Crippen LogP contribution < -0.4 is 5.32 Å². The molecule has 5 heteroatoms. The fraction of sp³-hybridized carbons (Fsp3) is 0.500. The van der Waals surface area contributed by atoms with Crippen LogP contribution >= 0.6 is 0 Å². The first-order chi connectivity index (χ1) is 7.83. The number of hydrogen-bond acceptors (Lipinski definition) is 1. The van der Waals surface area contributed by atoms with E-state index in [0.717, 1.165) is 31.5 Å². The molecule has 0 aliphatic carbocycles. The van der Waals surface area contributed by atoms with Crippen molar-refractivity contribution in [3.8, 4) is 0 Å². The lowest BCUT2D eigenvalue weighted by atomic mass is 9.90. The molecule has 1 atom stereocenters. The first-order valence-corrected chi connectivity index (χ1v) is 5.45. The van der Waals surface area contributed by atoms with E-state index in [9.17, 15) is 17.6 Å². The maximum absolute atomic E-state index is 13.4. The van der Waals surface area contributed by atoms with Crippen molar-refractivity contribution in [1.29, 1.82) is 0 Å². The molecule has 1 aromatic carbocycles. The molecule has 1 N–H and O–H groups in total. The zero-order chi connectivity index (χ0) is 12.7. The number of nitrogens with one attached hydrogen (secondary N) is 1. The summed E-state index contributed by atoms with van der Waals surface area (Å²) in [5.41, 5.74) is -1.05. The smallest absolute Gasteiger partial charge is 0.308 e. The van der Waals surface area contributed by atoms with Gasteiger partial charge in [-0.25, -0.2) is 4.39 Å². The van der Waals surface area contributed by atoms with Gasteiger partial charge in [-0.15, -0.1) is 0 Å². The van der Waals surface area contributed by atoms with E-state index in [1.807, 2.05) is 6.92 Å². The maximum atomic E-state index is 13.4. The van der Waals surface area contributed by atoms with Crippen molar-refractivity contribution >= 4 is 0 Å². The van der Waals surface area contributed by atoms with Gasteiger partial charge in [0.05, 0.1) is 5.56 Å². The third-order valence-electron chi connectivity index (χ3n) is 3.28. The van der Waals surface area contributed by atoms with E-state index in [1.165, 1.54) is 6.07 Å². The molecule has 1 aromatic rings. The standard InChI is InChI=1S/C12H13F4N/c1-11(5-2-6-17-11)8-3-4-9(10(13)7-8)12(14,15)16/h3-4,7,17H,2,5-6H2,1H3. The summed E-state index contributed by atoms with van der Waals surface area (Å²) in [5, 5.41) is 3.19. The molecule has 94 valence electrons. The molecule has 2 rings (SSSR count). The number of hydrogen-bond donors (Lipinski definition) is 1. The molecule has 1 unspecified atom stereocenters. The predicted octanol–water partition coefficient (Wildman–Crippen LogP) is 3.44. The van der Waals surface area contributed by atoms with Gasteiger partial charge in [0.2, 0.25) is 0 Å². The van der Waals surface area contributed by atoms with Crippen LogP contribution in [0.4, 0.5) is 17.6 Å². The van der Waals surface area contributed by atoms with Crippen molar-refractivity contribution < 1.29 is 17.6 Å². The lowest BCUT2D eigenvalue weighted by Gasteiger charge is -2.25. The highest BCUT2D eigenvalue weighted by molar-refractivity contribution is 5.31. The van der Waals surface area contributed by atoms with Crippen LogP contribution in [0.3, 0.4) is 0 Å². The molecular weight excluding hydrogens is 234 g/mol. The second kappa shape index (κ2) is 3.98. The van der Waals surface area contributed by atoms with E-state index in [2.05, 4.69) is 5.32 Å². The zero-order valence-electron chi connectivity index (χ0n) is 9.37. The number of rotatable bonds is 1. The molecule has 17 heavy (non-hydrogen) atoms. The molecule has 1 aliphatic rings. The summed E-state index contributed by atoms with van der Waals surface area (Å²) < 4.78 is 50.6. The van der Waals surface area contributed by atoms with Crippen molar-refractivity contribution in [1.82, 2.24) is 5.32 Å². The van der Waals surface area contributed by atoms with Crippen molar-refractivity contribution in [2.24, 2.45) is 0 Å². The fourth-order valence-corrected chi connectivity index (χ4v) is 2.23. The van der Waals surface area contributed by atoms with E-state index in [4.69, 9.17) is 0 Å². The van der Waals surface area contributed by atoms with Crippen LogP contribution in [0.15, 0.2) is 18.2 Å². The van der Waals surface area contributed by atoms with E-state index in [1.54, 1.807) is 0 Å². The molecule has 1 saturated heterocycles. The van der Waals surface area contributed by atoms with E-state index in [-0.39, 0.29) is 0 Å². The Labute approximate surface area is 96.8 Å². The Kier molecular flexibility index (Phi) is 2.89. The second-order valence-electron chi connectivity index (χ2n) is 4.55. The van der Waals surface area contributed by atoms with Gasteiger partial charge in [-0.3, -0.25) is 0 Å². The van der Waals surface area contributed by atoms with Crippen LogP contribution in [0.5, 0.6) is 0 Å². The Balaban J connectivity index is 2.37. The molecule has 1 aliphatic heterocycles. The summed E-state index contributed by atoms with van der Waals surface area (Å²) in [4.78, 5) is 0. The monoisotopic (exact) mass is 247 g/mol. The molecule has 1 fully saturated rings. The van der Waals surface area contributed by atoms with Gasteiger partial charge in [0.1, 0.15) is 5.82 Å². The third kappa shape index (κ3) is 2.29. The van der Waals surface area contributed by atoms with Crippen molar-refractivity contribution in [2.75, 3.05) is 6.54 Å². The van der Waals surface area contributed by atoms with Gasteiger partial charge in [-0.2, -0.15) is 13.2 Å². The number of halogens is 4. The summed E-state index contributed by atoms with van der Waals surface area (Å²) in [6.45, 7) is 2.68. The van der Waals surface area contributed by atoms with E-state index < -0.39 is 23.1 Å². The molecule has 0 spiro atoms. The van der Waals surface area contributed by atoms with Gasteiger partial charge in [0.25, 0.3) is 0 Å². The molecule has 1 heterocycles. The average molecular weight is 247 g/mol. The Morgan fingerprint density at radius 1 is 1.29 bits per heavy atom. The van der Waals surface area contributed by atoms with Crippen LogP contribution in [-0.2, 0) is 11.7 Å². The van der Waals surface area contributed by atoms with Crippen molar-refractivity contribution in [2.45, 2.75) is 31.5 Å². The van der Waals surface area contributed by atoms with Gasteiger partial charge in [0.15, 0.2) is 0 Å². The van der Waals surface area contributed by atoms with E-state index >= 15 is 0 Å². The van der Waals surface area contributed by atoms with Crippen LogP contribution in [0.2, 0.25) is 0 Å². The molecule has 1 nitrogen and oxygen atoms in total. The van der Waals surface area contributed by atoms with Crippen molar-refractivity contribution in [3.05, 3.63) is 35.1 Å². The number of benzene rings is 1. The average Bonchev–Trinajstić information content (AvgIpc) is 2.64. The van der Waals surface area contributed by atoms with Crippen LogP contribution in [0.1, 0.15) is 30.9 Å². The molecule has 0 amide bonds. The summed E-state index contributed by atoms with van der Waals surface area (Å²) in [6.07, 6.45) is -2.89. The van der Waals surface area contributed by atoms with Gasteiger partial charge in [-0.05, 0) is 44.0 Å². The minimum Gasteiger partial charge on any atom is -0.308 e. The zero-order valence-corrected chi connectivity index (χ0v) is 9.37. The minimum atomic E-state index is -4.63. The highest BCUT2D eigenvalue weighted by atomic mass is 19.4. The molecule has 0 aromatic heterocycles. The normalized spacial score (nSPS) is 25.2. The Morgan fingerprint density at radius 3 is 2.47 bits per heavy atom. The summed E-state index contributed by atoms with van der Waals surface area (Å²) >= 11 is 0. The van der Waals surface area contributed by atoms with Crippen LogP contribution in [0.25, 0.3) is 0 Å². The Bertz CT molecular complexity index is 419. The maximum Gasteiger partial charge on any atom is 0.419 e. The fourth-order valence-electron chi connectivity index (χ4n) is 2.23. The van der Waals surface area contributed by atoms with Crippen LogP contribution in [-0.4, -0.2) is 6.54 Å². The first-order valence-electron chi connectivity index (χ1n) is 5.45. The van der Waals surface area contributed by atoms with E-state index in [0.29, 0.717) is 5.56 Å². The summed E-state index contributed by atoms with van der Waals surface area (Å²) in [7, 11) is 0. The first kappa shape index (κ1) is 12.4. The predicted molar refractivity (Wildman–Crippen MR) is 56.0 cm³/mol. The summed E-state index contributed by atoms with van der Waals surface area (Å²) in [6, 6.07) is 3.15. The Hall–Kier alpha value is -1.10. The second-order valence-corrected chi connectivity index (χ2v) is 4.55. The SMILES string of the molecule is CC1(c2ccc(C(F)(F)F)c(F)c2)CCCN1. The van der Waals surface area contributed by atoms with Gasteiger partial charge in [-0.1, -0.05) is 6.07 Å². The molecule has 0 saturated carbocycles. The van der Waals surface area contributed by atoms with Gasteiger partial charge < -0.3 is 5.32 Å². The van der Waals surface area contributed by atoms with Gasteiger partial charge in [0, 0.05) is 5.54 Å². The van der Waals surface area contributed by atoms with Gasteiger partial charge >= 0.3 is 6.18 Å². The largest absolute Gasteiger partial charge is 0.419 e. The van der Waals surface area contributed by atoms with Crippen LogP contribution in [0, 0.1) is 5.82 Å². The number of alkyl halides is 3. The minimum absolute atomic E-state index is 0.412. The topological polar surface area (TPSA) is 12.0 Å². The Morgan fingerprint density at radius 2 is 2.00 bits per heavy atom. The highest BCUT2D eigenvalue weighted by Gasteiger charge is 2.36. The summed E-state index contributed by atoms with van der Waals surface area (Å²) in [5.74, 6) is -1.20. The molecular formula is C12H13F4N. The van der Waals surface area contributed by atoms with Crippen molar-refractivity contribution in [3.63, 3.8) is 0 Å². The highest BCUT2D eigenvalue weighted by Crippen LogP contribution is 2.35. The molecule has 0 bridgehead atoms. The molecule has 0 radical (unpaired) electrons.